The minimum absolute atomic E-state index is 0.234. The molecule has 0 aliphatic heterocycles. The largest absolute Gasteiger partial charge is 0.371 e. The topological polar surface area (TPSA) is 63.4 Å². The first kappa shape index (κ1) is 16.0. The van der Waals surface area contributed by atoms with Gasteiger partial charge in [0.2, 0.25) is 0 Å². The van der Waals surface area contributed by atoms with Crippen molar-refractivity contribution in [3.63, 3.8) is 0 Å². The Labute approximate surface area is 116 Å². The van der Waals surface area contributed by atoms with Crippen LogP contribution < -0.4 is 10.6 Å². The van der Waals surface area contributed by atoms with Crippen molar-refractivity contribution >= 4 is 15.5 Å². The highest BCUT2D eigenvalue weighted by atomic mass is 32.2. The molecule has 1 rings (SSSR count). The molecule has 0 fully saturated rings. The molecule has 0 unspecified atom stereocenters. The average molecular weight is 284 g/mol. The molecule has 0 saturated heterocycles. The fourth-order valence-electron chi connectivity index (χ4n) is 1.99. The molecule has 0 aromatic heterocycles. The van der Waals surface area contributed by atoms with Gasteiger partial charge in [-0.1, -0.05) is 12.1 Å². The van der Waals surface area contributed by atoms with Gasteiger partial charge in [0.1, 0.15) is 9.84 Å². The Morgan fingerprint density at radius 3 is 2.47 bits per heavy atom. The Kier molecular flexibility index (Phi) is 6.31. The van der Waals surface area contributed by atoms with Crippen LogP contribution in [0.15, 0.2) is 24.3 Å². The van der Waals surface area contributed by atoms with E-state index in [-0.39, 0.29) is 5.75 Å². The lowest BCUT2D eigenvalue weighted by Gasteiger charge is -2.25. The van der Waals surface area contributed by atoms with E-state index >= 15 is 0 Å². The van der Waals surface area contributed by atoms with E-state index in [0.717, 1.165) is 25.2 Å². The van der Waals surface area contributed by atoms with Gasteiger partial charge in [0.15, 0.2) is 0 Å². The van der Waals surface area contributed by atoms with Crippen molar-refractivity contribution < 1.29 is 8.42 Å². The van der Waals surface area contributed by atoms with Crippen LogP contribution in [0.1, 0.15) is 18.4 Å². The van der Waals surface area contributed by atoms with E-state index in [4.69, 9.17) is 5.73 Å². The fourth-order valence-corrected chi connectivity index (χ4v) is 2.65. The molecule has 0 radical (unpaired) electrons. The highest BCUT2D eigenvalue weighted by molar-refractivity contribution is 7.90. The number of aryl methyl sites for hydroxylation is 1. The summed E-state index contributed by atoms with van der Waals surface area (Å²) in [5.41, 5.74) is 7.91. The van der Waals surface area contributed by atoms with Crippen molar-refractivity contribution in [3.8, 4) is 0 Å². The van der Waals surface area contributed by atoms with Crippen molar-refractivity contribution in [3.05, 3.63) is 29.8 Å². The predicted molar refractivity (Wildman–Crippen MR) is 81.4 cm³/mol. The van der Waals surface area contributed by atoms with Crippen LogP contribution in [-0.4, -0.2) is 40.1 Å². The Balaban J connectivity index is 2.66. The third kappa shape index (κ3) is 6.59. The Bertz CT molecular complexity index is 486. The van der Waals surface area contributed by atoms with Crippen LogP contribution in [0, 0.1) is 6.92 Å². The lowest BCUT2D eigenvalue weighted by atomic mass is 10.2. The normalized spacial score (nSPS) is 11.5. The molecule has 19 heavy (non-hydrogen) atoms. The summed E-state index contributed by atoms with van der Waals surface area (Å²) in [6.07, 6.45) is 2.84. The summed E-state index contributed by atoms with van der Waals surface area (Å²) in [4.78, 5) is 2.21. The zero-order chi connectivity index (χ0) is 14.3. The third-order valence-electron chi connectivity index (χ3n) is 2.94. The average Bonchev–Trinajstić information content (AvgIpc) is 2.32. The van der Waals surface area contributed by atoms with Crippen molar-refractivity contribution in [2.24, 2.45) is 5.73 Å². The maximum absolute atomic E-state index is 11.2. The summed E-state index contributed by atoms with van der Waals surface area (Å²) >= 11 is 0. The van der Waals surface area contributed by atoms with Gasteiger partial charge in [-0.15, -0.1) is 0 Å². The molecule has 4 nitrogen and oxygen atoms in total. The highest BCUT2D eigenvalue weighted by Crippen LogP contribution is 2.16. The van der Waals surface area contributed by atoms with Gasteiger partial charge in [-0.25, -0.2) is 8.42 Å². The summed E-state index contributed by atoms with van der Waals surface area (Å²) in [6.45, 7) is 4.32. The molecule has 1 aromatic rings. The lowest BCUT2D eigenvalue weighted by molar-refractivity contribution is 0.598. The number of nitrogens with two attached hydrogens (primary N) is 1. The number of rotatable bonds is 8. The van der Waals surface area contributed by atoms with Crippen LogP contribution >= 0.6 is 0 Å². The van der Waals surface area contributed by atoms with Gasteiger partial charge in [-0.3, -0.25) is 0 Å². The van der Waals surface area contributed by atoms with Crippen LogP contribution in [0.5, 0.6) is 0 Å². The molecule has 0 bridgehead atoms. The summed E-state index contributed by atoms with van der Waals surface area (Å²) in [5.74, 6) is 0.234. The van der Waals surface area contributed by atoms with Crippen molar-refractivity contribution in [1.29, 1.82) is 0 Å². The maximum atomic E-state index is 11.2. The van der Waals surface area contributed by atoms with Crippen LogP contribution in [0.3, 0.4) is 0 Å². The highest BCUT2D eigenvalue weighted by Gasteiger charge is 2.08. The SMILES string of the molecule is Cc1cccc(N(CCCN)CCCS(C)(=O)=O)c1. The lowest BCUT2D eigenvalue weighted by Crippen LogP contribution is -2.28. The van der Waals surface area contributed by atoms with Gasteiger partial charge in [0.25, 0.3) is 0 Å². The van der Waals surface area contributed by atoms with E-state index in [9.17, 15) is 8.42 Å². The van der Waals surface area contributed by atoms with Gasteiger partial charge in [-0.2, -0.15) is 0 Å². The maximum Gasteiger partial charge on any atom is 0.147 e. The molecule has 0 spiro atoms. The molecule has 2 N–H and O–H groups in total. The van der Waals surface area contributed by atoms with Gasteiger partial charge < -0.3 is 10.6 Å². The first-order valence-corrected chi connectivity index (χ1v) is 8.68. The molecule has 5 heteroatoms. The van der Waals surface area contributed by atoms with Gasteiger partial charge in [0, 0.05) is 25.0 Å². The monoisotopic (exact) mass is 284 g/mol. The summed E-state index contributed by atoms with van der Waals surface area (Å²) in [7, 11) is -2.88. The fraction of sp³-hybridized carbons (Fsp3) is 0.571. The molecule has 0 amide bonds. The Morgan fingerprint density at radius 2 is 1.89 bits per heavy atom. The zero-order valence-electron chi connectivity index (χ0n) is 11.8. The molecule has 0 heterocycles. The van der Waals surface area contributed by atoms with Crippen LogP contribution in [0.25, 0.3) is 0 Å². The quantitative estimate of drug-likeness (QED) is 0.787. The minimum atomic E-state index is -2.88. The molecule has 0 saturated carbocycles. The Morgan fingerprint density at radius 1 is 1.21 bits per heavy atom. The molecule has 0 aliphatic rings. The zero-order valence-corrected chi connectivity index (χ0v) is 12.6. The molecule has 1 aromatic carbocycles. The van der Waals surface area contributed by atoms with Crippen LogP contribution in [0.2, 0.25) is 0 Å². The third-order valence-corrected chi connectivity index (χ3v) is 3.97. The van der Waals surface area contributed by atoms with Crippen molar-refractivity contribution in [2.45, 2.75) is 19.8 Å². The number of sulfone groups is 1. The number of nitrogens with zero attached hydrogens (tertiary/aromatic N) is 1. The first-order chi connectivity index (χ1) is 8.92. The van der Waals surface area contributed by atoms with Gasteiger partial charge in [-0.05, 0) is 44.0 Å². The molecule has 0 aliphatic carbocycles. The van der Waals surface area contributed by atoms with E-state index in [0.29, 0.717) is 13.0 Å². The van der Waals surface area contributed by atoms with E-state index in [1.54, 1.807) is 0 Å². The number of hydrogen-bond acceptors (Lipinski definition) is 4. The standard InChI is InChI=1S/C14H24N2O2S/c1-13-6-3-7-14(12-13)16(9-4-8-15)10-5-11-19(2,17)18/h3,6-7,12H,4-5,8-11,15H2,1-2H3. The minimum Gasteiger partial charge on any atom is -0.371 e. The number of benzene rings is 1. The van der Waals surface area contributed by atoms with E-state index in [1.165, 1.54) is 11.8 Å². The van der Waals surface area contributed by atoms with Crippen LogP contribution in [0.4, 0.5) is 5.69 Å². The van der Waals surface area contributed by atoms with Crippen LogP contribution in [-0.2, 0) is 9.84 Å². The smallest absolute Gasteiger partial charge is 0.147 e. The van der Waals surface area contributed by atoms with Crippen molar-refractivity contribution in [2.75, 3.05) is 36.5 Å². The number of hydrogen-bond donors (Lipinski definition) is 1. The molecular formula is C14H24N2O2S. The summed E-state index contributed by atoms with van der Waals surface area (Å²) in [5, 5.41) is 0. The molecular weight excluding hydrogens is 260 g/mol. The van der Waals surface area contributed by atoms with Gasteiger partial charge >= 0.3 is 0 Å². The summed E-state index contributed by atoms with van der Waals surface area (Å²) in [6, 6.07) is 8.26. The number of anilines is 1. The predicted octanol–water partition coefficient (Wildman–Crippen LogP) is 1.58. The Hall–Kier alpha value is -1.07. The van der Waals surface area contributed by atoms with E-state index < -0.39 is 9.84 Å². The van der Waals surface area contributed by atoms with Gasteiger partial charge in [0.05, 0.1) is 5.75 Å². The van der Waals surface area contributed by atoms with E-state index in [2.05, 4.69) is 30.0 Å². The molecule has 0 atom stereocenters. The molecule has 108 valence electrons. The summed E-state index contributed by atoms with van der Waals surface area (Å²) < 4.78 is 22.4. The van der Waals surface area contributed by atoms with E-state index in [1.807, 2.05) is 6.07 Å². The second kappa shape index (κ2) is 7.50. The van der Waals surface area contributed by atoms with Crippen molar-refractivity contribution in [1.82, 2.24) is 0 Å². The second-order valence-corrected chi connectivity index (χ2v) is 7.21. The first-order valence-electron chi connectivity index (χ1n) is 6.62. The second-order valence-electron chi connectivity index (χ2n) is 4.95.